The van der Waals surface area contributed by atoms with Crippen molar-refractivity contribution in [3.8, 4) is 0 Å². The number of likely N-dealkylation sites (N-methyl/N-ethyl adjacent to an activating group) is 1. The smallest absolute Gasteiger partial charge is 0.253 e. The zero-order valence-electron chi connectivity index (χ0n) is 10.2. The molecule has 0 saturated heterocycles. The highest BCUT2D eigenvalue weighted by atomic mass is 32.1. The van der Waals surface area contributed by atoms with Gasteiger partial charge in [-0.2, -0.15) is 0 Å². The van der Waals surface area contributed by atoms with Crippen LogP contribution in [0, 0.1) is 0 Å². The Morgan fingerprint density at radius 2 is 2.17 bits per heavy atom. The molecule has 0 spiro atoms. The van der Waals surface area contributed by atoms with Crippen LogP contribution >= 0.6 is 24.0 Å². The van der Waals surface area contributed by atoms with Crippen LogP contribution in [0.2, 0.25) is 0 Å². The first-order chi connectivity index (χ1) is 8.66. The highest BCUT2D eigenvalue weighted by molar-refractivity contribution is 7.80. The SMILES string of the molecule is CN(CCc1cccs1)C(=O)c1cccc(S)c1. The van der Waals surface area contributed by atoms with Crippen LogP contribution in [0.5, 0.6) is 0 Å². The highest BCUT2D eigenvalue weighted by Gasteiger charge is 2.11. The van der Waals surface area contributed by atoms with Crippen LogP contribution in [0.3, 0.4) is 0 Å². The molecule has 94 valence electrons. The molecule has 18 heavy (non-hydrogen) atoms. The molecule has 0 saturated carbocycles. The van der Waals surface area contributed by atoms with Gasteiger partial charge in [0.25, 0.3) is 5.91 Å². The van der Waals surface area contributed by atoms with E-state index in [9.17, 15) is 4.79 Å². The third kappa shape index (κ3) is 3.37. The fourth-order valence-electron chi connectivity index (χ4n) is 1.69. The molecule has 0 radical (unpaired) electrons. The lowest BCUT2D eigenvalue weighted by atomic mass is 10.2. The van der Waals surface area contributed by atoms with Gasteiger partial charge in [-0.1, -0.05) is 12.1 Å². The van der Waals surface area contributed by atoms with Crippen molar-refractivity contribution in [3.05, 3.63) is 52.2 Å². The van der Waals surface area contributed by atoms with Gasteiger partial charge < -0.3 is 4.90 Å². The summed E-state index contributed by atoms with van der Waals surface area (Å²) in [5.41, 5.74) is 0.691. The van der Waals surface area contributed by atoms with Crippen LogP contribution in [0.4, 0.5) is 0 Å². The molecule has 0 aliphatic rings. The molecule has 2 rings (SSSR count). The summed E-state index contributed by atoms with van der Waals surface area (Å²) in [6, 6.07) is 11.5. The Hall–Kier alpha value is -1.26. The van der Waals surface area contributed by atoms with Crippen molar-refractivity contribution in [3.63, 3.8) is 0 Å². The Labute approximate surface area is 117 Å². The molecule has 0 unspecified atom stereocenters. The number of amides is 1. The Morgan fingerprint density at radius 1 is 1.33 bits per heavy atom. The molecule has 1 amide bonds. The second-order valence-electron chi connectivity index (χ2n) is 4.11. The van der Waals surface area contributed by atoms with Crippen LogP contribution in [-0.4, -0.2) is 24.4 Å². The second-order valence-corrected chi connectivity index (χ2v) is 5.66. The summed E-state index contributed by atoms with van der Waals surface area (Å²) < 4.78 is 0. The predicted molar refractivity (Wildman–Crippen MR) is 78.7 cm³/mol. The number of carbonyl (C=O) groups is 1. The van der Waals surface area contributed by atoms with Crippen molar-refractivity contribution in [1.29, 1.82) is 0 Å². The molecule has 2 aromatic rings. The number of hydrogen-bond donors (Lipinski definition) is 1. The molecular weight excluding hydrogens is 262 g/mol. The molecule has 0 N–H and O–H groups in total. The number of benzene rings is 1. The summed E-state index contributed by atoms with van der Waals surface area (Å²) in [4.78, 5) is 16.0. The maximum atomic E-state index is 12.2. The summed E-state index contributed by atoms with van der Waals surface area (Å²) in [6.45, 7) is 0.732. The van der Waals surface area contributed by atoms with Crippen LogP contribution in [0.1, 0.15) is 15.2 Å². The lowest BCUT2D eigenvalue weighted by Gasteiger charge is -2.16. The van der Waals surface area contributed by atoms with Crippen LogP contribution in [0.25, 0.3) is 0 Å². The van der Waals surface area contributed by atoms with Crippen LogP contribution in [-0.2, 0) is 6.42 Å². The average Bonchev–Trinajstić information content (AvgIpc) is 2.88. The van der Waals surface area contributed by atoms with Gasteiger partial charge in [0.05, 0.1) is 0 Å². The number of thiophene rings is 1. The van der Waals surface area contributed by atoms with E-state index in [1.807, 2.05) is 31.3 Å². The quantitative estimate of drug-likeness (QED) is 0.850. The molecule has 4 heteroatoms. The molecule has 1 aromatic heterocycles. The Kier molecular flexibility index (Phi) is 4.44. The summed E-state index contributed by atoms with van der Waals surface area (Å²) in [5, 5.41) is 2.06. The number of thiol groups is 1. The van der Waals surface area contributed by atoms with Gasteiger partial charge in [0.15, 0.2) is 0 Å². The zero-order valence-corrected chi connectivity index (χ0v) is 11.9. The Morgan fingerprint density at radius 3 is 2.83 bits per heavy atom. The first kappa shape index (κ1) is 13.2. The lowest BCUT2D eigenvalue weighted by molar-refractivity contribution is 0.0796. The van der Waals surface area contributed by atoms with Crippen molar-refractivity contribution in [2.24, 2.45) is 0 Å². The standard InChI is InChI=1S/C14H15NOS2/c1-15(8-7-13-6-3-9-18-13)14(16)11-4-2-5-12(17)10-11/h2-6,9-10,17H,7-8H2,1H3. The van der Waals surface area contributed by atoms with Crippen molar-refractivity contribution in [2.45, 2.75) is 11.3 Å². The van der Waals surface area contributed by atoms with E-state index in [4.69, 9.17) is 0 Å². The third-order valence-electron chi connectivity index (χ3n) is 2.71. The minimum atomic E-state index is 0.0439. The van der Waals surface area contributed by atoms with E-state index in [-0.39, 0.29) is 5.91 Å². The minimum Gasteiger partial charge on any atom is -0.341 e. The molecule has 2 nitrogen and oxygen atoms in total. The van der Waals surface area contributed by atoms with Gasteiger partial charge in [-0.15, -0.1) is 24.0 Å². The zero-order chi connectivity index (χ0) is 13.0. The van der Waals surface area contributed by atoms with Gasteiger partial charge in [-0.3, -0.25) is 4.79 Å². The number of carbonyl (C=O) groups excluding carboxylic acids is 1. The monoisotopic (exact) mass is 277 g/mol. The van der Waals surface area contributed by atoms with Gasteiger partial charge in [0.2, 0.25) is 0 Å². The Bertz CT molecular complexity index is 522. The van der Waals surface area contributed by atoms with E-state index in [0.29, 0.717) is 5.56 Å². The molecular formula is C14H15NOS2. The maximum absolute atomic E-state index is 12.2. The van der Waals surface area contributed by atoms with E-state index in [2.05, 4.69) is 24.1 Å². The number of nitrogens with zero attached hydrogens (tertiary/aromatic N) is 1. The van der Waals surface area contributed by atoms with Gasteiger partial charge in [0.1, 0.15) is 0 Å². The Balaban J connectivity index is 1.96. The normalized spacial score (nSPS) is 10.3. The molecule has 0 atom stereocenters. The van der Waals surface area contributed by atoms with Crippen molar-refractivity contribution in [2.75, 3.05) is 13.6 Å². The number of rotatable bonds is 4. The first-order valence-corrected chi connectivity index (χ1v) is 7.06. The maximum Gasteiger partial charge on any atom is 0.253 e. The predicted octanol–water partition coefficient (Wildman–Crippen LogP) is 3.35. The molecule has 0 aliphatic carbocycles. The van der Waals surface area contributed by atoms with Crippen molar-refractivity contribution in [1.82, 2.24) is 4.90 Å². The number of hydrogen-bond acceptors (Lipinski definition) is 3. The van der Waals surface area contributed by atoms with Crippen LogP contribution < -0.4 is 0 Å². The van der Waals surface area contributed by atoms with E-state index < -0.39 is 0 Å². The van der Waals surface area contributed by atoms with Crippen molar-refractivity contribution >= 4 is 29.9 Å². The minimum absolute atomic E-state index is 0.0439. The van der Waals surface area contributed by atoms with Gasteiger partial charge in [-0.05, 0) is 36.1 Å². The average molecular weight is 277 g/mol. The largest absolute Gasteiger partial charge is 0.341 e. The molecule has 1 heterocycles. The van der Waals surface area contributed by atoms with E-state index in [1.165, 1.54) is 4.88 Å². The summed E-state index contributed by atoms with van der Waals surface area (Å²) in [7, 11) is 1.83. The highest BCUT2D eigenvalue weighted by Crippen LogP contribution is 2.13. The molecule has 0 bridgehead atoms. The van der Waals surface area contributed by atoms with Gasteiger partial charge >= 0.3 is 0 Å². The van der Waals surface area contributed by atoms with E-state index in [1.54, 1.807) is 22.3 Å². The molecule has 0 fully saturated rings. The fraction of sp³-hybridized carbons (Fsp3) is 0.214. The first-order valence-electron chi connectivity index (χ1n) is 5.73. The summed E-state index contributed by atoms with van der Waals surface area (Å²) in [5.74, 6) is 0.0439. The van der Waals surface area contributed by atoms with Gasteiger partial charge in [0, 0.05) is 28.9 Å². The molecule has 0 aliphatic heterocycles. The molecule has 1 aromatic carbocycles. The van der Waals surface area contributed by atoms with Crippen molar-refractivity contribution < 1.29 is 4.79 Å². The fourth-order valence-corrected chi connectivity index (χ4v) is 2.62. The summed E-state index contributed by atoms with van der Waals surface area (Å²) in [6.07, 6.45) is 0.903. The summed E-state index contributed by atoms with van der Waals surface area (Å²) >= 11 is 5.97. The van der Waals surface area contributed by atoms with E-state index in [0.717, 1.165) is 17.9 Å². The van der Waals surface area contributed by atoms with Gasteiger partial charge in [-0.25, -0.2) is 0 Å². The second kappa shape index (κ2) is 6.07. The third-order valence-corrected chi connectivity index (χ3v) is 3.93. The lowest BCUT2D eigenvalue weighted by Crippen LogP contribution is -2.28. The topological polar surface area (TPSA) is 20.3 Å². The van der Waals surface area contributed by atoms with Crippen LogP contribution in [0.15, 0.2) is 46.7 Å². The van der Waals surface area contributed by atoms with E-state index >= 15 is 0 Å².